The first-order chi connectivity index (χ1) is 19.5. The van der Waals surface area contributed by atoms with Crippen molar-refractivity contribution in [2.24, 2.45) is 5.92 Å². The van der Waals surface area contributed by atoms with E-state index in [0.29, 0.717) is 30.6 Å². The number of anilines is 2. The largest absolute Gasteiger partial charge is 0.496 e. The summed E-state index contributed by atoms with van der Waals surface area (Å²) in [6, 6.07) is 7.53. The first-order valence-corrected chi connectivity index (χ1v) is 14.3. The molecule has 1 saturated carbocycles. The zero-order valence-electron chi connectivity index (χ0n) is 23.6. The van der Waals surface area contributed by atoms with Gasteiger partial charge in [0.05, 0.1) is 32.2 Å². The van der Waals surface area contributed by atoms with Crippen molar-refractivity contribution in [2.45, 2.75) is 71.3 Å². The van der Waals surface area contributed by atoms with Crippen molar-refractivity contribution in [3.63, 3.8) is 0 Å². The molecule has 0 unspecified atom stereocenters. The number of hydrogen-bond acceptors (Lipinski definition) is 9. The standard InChI is InChI=1S/C30H41N5O5/c1-3-4-8-14-32-29-28-24(33-30(31)34-29)13-15-35(28)18-23-12-11-22(16-25(23)38-2)17-26(36)40-20-27(37)39-19-21-9-6-5-7-10-21/h11-13,15-16,21H,3-10,14,17-20H2,1-2H3,(H3,31,32,33,34). The van der Waals surface area contributed by atoms with Gasteiger partial charge in [-0.2, -0.15) is 4.98 Å². The van der Waals surface area contributed by atoms with Crippen LogP contribution in [0.25, 0.3) is 11.0 Å². The SMILES string of the molecule is CCCCCNc1nc(N)nc2ccn(Cc3ccc(CC(=O)OCC(=O)OCC4CCCCC4)cc3OC)c12. The molecule has 10 heteroatoms. The first kappa shape index (κ1) is 29.2. The number of methoxy groups -OCH3 is 1. The number of benzene rings is 1. The van der Waals surface area contributed by atoms with Gasteiger partial charge in [-0.15, -0.1) is 0 Å². The van der Waals surface area contributed by atoms with E-state index in [1.807, 2.05) is 30.5 Å². The highest BCUT2D eigenvalue weighted by molar-refractivity contribution is 5.87. The molecule has 0 radical (unpaired) electrons. The van der Waals surface area contributed by atoms with Gasteiger partial charge in [-0.3, -0.25) is 4.79 Å². The lowest BCUT2D eigenvalue weighted by atomic mass is 9.90. The number of fused-ring (bicyclic) bond motifs is 1. The number of unbranched alkanes of at least 4 members (excludes halogenated alkanes) is 2. The second-order valence-electron chi connectivity index (χ2n) is 10.4. The van der Waals surface area contributed by atoms with Gasteiger partial charge < -0.3 is 29.8 Å². The van der Waals surface area contributed by atoms with Crippen LogP contribution in [-0.4, -0.2) is 53.3 Å². The Balaban J connectivity index is 1.35. The molecule has 40 heavy (non-hydrogen) atoms. The van der Waals surface area contributed by atoms with Gasteiger partial charge in [-0.25, -0.2) is 9.78 Å². The summed E-state index contributed by atoms with van der Waals surface area (Å²) in [6.45, 7) is 3.52. The topological polar surface area (TPSA) is 131 Å². The normalized spacial score (nSPS) is 13.8. The number of carbonyl (C=O) groups excluding carboxylic acids is 2. The van der Waals surface area contributed by atoms with E-state index in [1.54, 1.807) is 7.11 Å². The predicted molar refractivity (Wildman–Crippen MR) is 154 cm³/mol. The molecule has 10 nitrogen and oxygen atoms in total. The fourth-order valence-corrected chi connectivity index (χ4v) is 5.14. The molecule has 1 aliphatic rings. The minimum absolute atomic E-state index is 0.0257. The third-order valence-electron chi connectivity index (χ3n) is 7.30. The zero-order chi connectivity index (χ0) is 28.3. The van der Waals surface area contributed by atoms with Crippen LogP contribution >= 0.6 is 0 Å². The minimum Gasteiger partial charge on any atom is -0.496 e. The van der Waals surface area contributed by atoms with Crippen molar-refractivity contribution in [3.8, 4) is 5.75 Å². The second kappa shape index (κ2) is 14.5. The molecule has 4 rings (SSSR count). The number of esters is 2. The fourth-order valence-electron chi connectivity index (χ4n) is 5.14. The number of nitrogen functional groups attached to an aromatic ring is 1. The van der Waals surface area contributed by atoms with Gasteiger partial charge in [0.1, 0.15) is 11.3 Å². The van der Waals surface area contributed by atoms with Gasteiger partial charge in [0.2, 0.25) is 5.95 Å². The van der Waals surface area contributed by atoms with E-state index >= 15 is 0 Å². The number of rotatable bonds is 14. The van der Waals surface area contributed by atoms with Crippen LogP contribution in [0, 0.1) is 5.92 Å². The monoisotopic (exact) mass is 551 g/mol. The van der Waals surface area contributed by atoms with Crippen molar-refractivity contribution in [2.75, 3.05) is 37.9 Å². The number of nitrogens with one attached hydrogen (secondary N) is 1. The molecule has 0 bridgehead atoms. The Morgan fingerprint density at radius 1 is 1.07 bits per heavy atom. The van der Waals surface area contributed by atoms with Crippen LogP contribution in [0.2, 0.25) is 0 Å². The lowest BCUT2D eigenvalue weighted by molar-refractivity contribution is -0.159. The van der Waals surface area contributed by atoms with Crippen molar-refractivity contribution in [1.29, 1.82) is 0 Å². The molecule has 216 valence electrons. The van der Waals surface area contributed by atoms with Gasteiger partial charge in [-0.05, 0) is 42.9 Å². The fraction of sp³-hybridized carbons (Fsp3) is 0.533. The number of nitrogens with two attached hydrogens (primary N) is 1. The summed E-state index contributed by atoms with van der Waals surface area (Å²) in [7, 11) is 1.60. The zero-order valence-corrected chi connectivity index (χ0v) is 23.6. The van der Waals surface area contributed by atoms with E-state index in [0.717, 1.165) is 60.8 Å². The molecule has 1 aromatic carbocycles. The van der Waals surface area contributed by atoms with Crippen LogP contribution in [0.4, 0.5) is 11.8 Å². The van der Waals surface area contributed by atoms with Crippen molar-refractivity contribution in [1.82, 2.24) is 14.5 Å². The van der Waals surface area contributed by atoms with Gasteiger partial charge in [-0.1, -0.05) is 51.2 Å². The summed E-state index contributed by atoms with van der Waals surface area (Å²) < 4.78 is 18.2. The van der Waals surface area contributed by atoms with Crippen LogP contribution in [-0.2, 0) is 32.0 Å². The molecule has 0 saturated heterocycles. The Labute approximate surface area is 235 Å². The van der Waals surface area contributed by atoms with Gasteiger partial charge in [0.15, 0.2) is 12.4 Å². The lowest BCUT2D eigenvalue weighted by Crippen LogP contribution is -2.21. The third-order valence-corrected chi connectivity index (χ3v) is 7.30. The Bertz CT molecular complexity index is 1280. The van der Waals surface area contributed by atoms with Crippen molar-refractivity contribution >= 4 is 34.7 Å². The lowest BCUT2D eigenvalue weighted by Gasteiger charge is -2.20. The maximum Gasteiger partial charge on any atom is 0.344 e. The summed E-state index contributed by atoms with van der Waals surface area (Å²) in [5.74, 6) is 1.01. The van der Waals surface area contributed by atoms with E-state index in [2.05, 4.69) is 26.8 Å². The van der Waals surface area contributed by atoms with Crippen LogP contribution in [0.5, 0.6) is 5.75 Å². The molecule has 0 atom stereocenters. The molecule has 0 spiro atoms. The van der Waals surface area contributed by atoms with Crippen LogP contribution in [0.1, 0.15) is 69.4 Å². The Morgan fingerprint density at radius 3 is 2.67 bits per heavy atom. The molecule has 1 fully saturated rings. The smallest absolute Gasteiger partial charge is 0.344 e. The average Bonchev–Trinajstić information content (AvgIpc) is 3.36. The molecule has 0 amide bonds. The van der Waals surface area contributed by atoms with Gasteiger partial charge in [0.25, 0.3) is 0 Å². The summed E-state index contributed by atoms with van der Waals surface area (Å²) in [5, 5.41) is 3.41. The Morgan fingerprint density at radius 2 is 1.90 bits per heavy atom. The molecule has 2 heterocycles. The highest BCUT2D eigenvalue weighted by atomic mass is 16.6. The predicted octanol–water partition coefficient (Wildman–Crippen LogP) is 4.88. The Kier molecular flexibility index (Phi) is 10.6. The summed E-state index contributed by atoms with van der Waals surface area (Å²) >= 11 is 0. The quantitative estimate of drug-likeness (QED) is 0.213. The summed E-state index contributed by atoms with van der Waals surface area (Å²) in [4.78, 5) is 33.3. The van der Waals surface area contributed by atoms with E-state index in [-0.39, 0.29) is 19.0 Å². The molecular weight excluding hydrogens is 510 g/mol. The molecule has 3 aromatic rings. The second-order valence-corrected chi connectivity index (χ2v) is 10.4. The Hall–Kier alpha value is -3.82. The molecule has 0 aliphatic heterocycles. The minimum atomic E-state index is -0.504. The van der Waals surface area contributed by atoms with Crippen molar-refractivity contribution in [3.05, 3.63) is 41.6 Å². The number of nitrogens with zero attached hydrogens (tertiary/aromatic N) is 3. The molecule has 1 aliphatic carbocycles. The molecule has 3 N–H and O–H groups in total. The van der Waals surface area contributed by atoms with E-state index in [9.17, 15) is 9.59 Å². The van der Waals surface area contributed by atoms with Crippen LogP contribution in [0.3, 0.4) is 0 Å². The van der Waals surface area contributed by atoms with E-state index < -0.39 is 11.9 Å². The molecular formula is C30H41N5O5. The molecule has 2 aromatic heterocycles. The number of carbonyl (C=O) groups is 2. The van der Waals surface area contributed by atoms with Crippen molar-refractivity contribution < 1.29 is 23.8 Å². The number of ether oxygens (including phenoxy) is 3. The highest BCUT2D eigenvalue weighted by Gasteiger charge is 2.18. The summed E-state index contributed by atoms with van der Waals surface area (Å²) in [5.41, 5.74) is 9.24. The highest BCUT2D eigenvalue weighted by Crippen LogP contribution is 2.27. The number of aromatic nitrogens is 3. The first-order valence-electron chi connectivity index (χ1n) is 14.3. The van der Waals surface area contributed by atoms with Crippen LogP contribution < -0.4 is 15.8 Å². The summed E-state index contributed by atoms with van der Waals surface area (Å²) in [6.07, 6.45) is 11.1. The van der Waals surface area contributed by atoms with Gasteiger partial charge in [0, 0.05) is 18.3 Å². The third kappa shape index (κ3) is 8.09. The van der Waals surface area contributed by atoms with E-state index in [1.165, 1.54) is 19.3 Å². The number of hydrogen-bond donors (Lipinski definition) is 2. The van der Waals surface area contributed by atoms with Crippen LogP contribution in [0.15, 0.2) is 30.5 Å². The van der Waals surface area contributed by atoms with Gasteiger partial charge >= 0.3 is 11.9 Å². The average molecular weight is 552 g/mol. The maximum atomic E-state index is 12.4. The van der Waals surface area contributed by atoms with E-state index in [4.69, 9.17) is 19.9 Å². The maximum absolute atomic E-state index is 12.4.